The Labute approximate surface area is 106 Å². The zero-order valence-electron chi connectivity index (χ0n) is 11.2. The Kier molecular flexibility index (Phi) is 7.25. The molecule has 0 heterocycles. The molecule has 1 atom stereocenters. The van der Waals surface area contributed by atoms with Crippen molar-refractivity contribution >= 4 is 5.91 Å². The molecule has 1 aliphatic rings. The largest absolute Gasteiger partial charge is 0.355 e. The van der Waals surface area contributed by atoms with Crippen molar-refractivity contribution in [2.45, 2.75) is 70.8 Å². The molecule has 0 aromatic carbocycles. The van der Waals surface area contributed by atoms with Crippen LogP contribution in [0.2, 0.25) is 0 Å². The molecule has 1 saturated carbocycles. The summed E-state index contributed by atoms with van der Waals surface area (Å²) < 4.78 is 0. The first-order valence-corrected chi connectivity index (χ1v) is 7.27. The van der Waals surface area contributed by atoms with E-state index < -0.39 is 0 Å². The van der Waals surface area contributed by atoms with E-state index in [-0.39, 0.29) is 11.9 Å². The van der Waals surface area contributed by atoms with Crippen LogP contribution < -0.4 is 11.1 Å². The van der Waals surface area contributed by atoms with Gasteiger partial charge in [0.05, 0.1) is 6.04 Å². The summed E-state index contributed by atoms with van der Waals surface area (Å²) in [5.41, 5.74) is 5.80. The van der Waals surface area contributed by atoms with Crippen molar-refractivity contribution in [3.8, 4) is 0 Å². The van der Waals surface area contributed by atoms with E-state index >= 15 is 0 Å². The van der Waals surface area contributed by atoms with Crippen molar-refractivity contribution in [1.29, 1.82) is 0 Å². The van der Waals surface area contributed by atoms with Crippen molar-refractivity contribution in [2.75, 3.05) is 6.54 Å². The van der Waals surface area contributed by atoms with E-state index in [4.69, 9.17) is 5.73 Å². The molecular weight excluding hydrogens is 212 g/mol. The molecular formula is C14H28N2O. The fourth-order valence-electron chi connectivity index (χ4n) is 2.59. The molecule has 1 fully saturated rings. The van der Waals surface area contributed by atoms with Crippen molar-refractivity contribution in [1.82, 2.24) is 5.32 Å². The summed E-state index contributed by atoms with van der Waals surface area (Å²) in [5.74, 6) is 0.950. The average molecular weight is 240 g/mol. The highest BCUT2D eigenvalue weighted by Gasteiger charge is 2.15. The lowest BCUT2D eigenvalue weighted by Gasteiger charge is -2.13. The molecule has 1 unspecified atom stereocenters. The number of unbranched alkanes of at least 4 members (excludes halogenated alkanes) is 1. The first kappa shape index (κ1) is 14.5. The van der Waals surface area contributed by atoms with Gasteiger partial charge in [0.2, 0.25) is 5.91 Å². The highest BCUT2D eigenvalue weighted by molar-refractivity contribution is 5.81. The fourth-order valence-corrected chi connectivity index (χ4v) is 2.59. The fraction of sp³-hybridized carbons (Fsp3) is 0.929. The molecule has 0 bridgehead atoms. The van der Waals surface area contributed by atoms with Gasteiger partial charge in [-0.05, 0) is 25.2 Å². The van der Waals surface area contributed by atoms with Crippen molar-refractivity contribution in [3.63, 3.8) is 0 Å². The van der Waals surface area contributed by atoms with Crippen LogP contribution >= 0.6 is 0 Å². The molecule has 0 saturated heterocycles. The van der Waals surface area contributed by atoms with E-state index in [0.717, 1.165) is 38.1 Å². The maximum absolute atomic E-state index is 11.6. The molecule has 1 aliphatic carbocycles. The number of rotatable bonds is 8. The number of nitrogens with one attached hydrogen (secondary N) is 1. The lowest BCUT2D eigenvalue weighted by molar-refractivity contribution is -0.122. The van der Waals surface area contributed by atoms with E-state index in [1.54, 1.807) is 0 Å². The number of carbonyl (C=O) groups excluding carboxylic acids is 1. The SMILES string of the molecule is CCCCC(N)C(=O)NCCCC1CCCC1. The van der Waals surface area contributed by atoms with Gasteiger partial charge in [0.25, 0.3) is 0 Å². The van der Waals surface area contributed by atoms with Crippen molar-refractivity contribution < 1.29 is 4.79 Å². The number of carbonyl (C=O) groups is 1. The molecule has 3 heteroatoms. The Hall–Kier alpha value is -0.570. The lowest BCUT2D eigenvalue weighted by Crippen LogP contribution is -2.40. The monoisotopic (exact) mass is 240 g/mol. The van der Waals surface area contributed by atoms with Gasteiger partial charge in [-0.25, -0.2) is 0 Å². The summed E-state index contributed by atoms with van der Waals surface area (Å²) in [5, 5.41) is 2.95. The lowest BCUT2D eigenvalue weighted by atomic mass is 10.0. The molecule has 0 spiro atoms. The van der Waals surface area contributed by atoms with Crippen molar-refractivity contribution in [3.05, 3.63) is 0 Å². The Morgan fingerprint density at radius 1 is 1.35 bits per heavy atom. The standard InChI is InChI=1S/C14H28N2O/c1-2-3-10-13(15)14(17)16-11-6-9-12-7-4-5-8-12/h12-13H,2-11,15H2,1H3,(H,16,17). The molecule has 3 N–H and O–H groups in total. The van der Waals surface area contributed by atoms with Crippen LogP contribution in [0.1, 0.15) is 64.7 Å². The molecule has 17 heavy (non-hydrogen) atoms. The first-order chi connectivity index (χ1) is 8.24. The number of nitrogens with two attached hydrogens (primary N) is 1. The molecule has 0 aromatic heterocycles. The minimum absolute atomic E-state index is 0.0323. The van der Waals surface area contributed by atoms with Crippen LogP contribution in [-0.2, 0) is 4.79 Å². The second-order valence-electron chi connectivity index (χ2n) is 5.33. The summed E-state index contributed by atoms with van der Waals surface area (Å²) in [6.07, 6.45) is 10.9. The number of hydrogen-bond donors (Lipinski definition) is 2. The van der Waals surface area contributed by atoms with Gasteiger partial charge in [-0.2, -0.15) is 0 Å². The molecule has 1 rings (SSSR count). The molecule has 0 aliphatic heterocycles. The first-order valence-electron chi connectivity index (χ1n) is 7.27. The normalized spacial score (nSPS) is 18.2. The zero-order chi connectivity index (χ0) is 12.5. The van der Waals surface area contributed by atoms with E-state index in [9.17, 15) is 4.79 Å². The quantitative estimate of drug-likeness (QED) is 0.641. The topological polar surface area (TPSA) is 55.1 Å². The molecule has 1 amide bonds. The average Bonchev–Trinajstić information content (AvgIpc) is 2.84. The second-order valence-corrected chi connectivity index (χ2v) is 5.33. The minimum Gasteiger partial charge on any atom is -0.355 e. The Morgan fingerprint density at radius 3 is 2.71 bits per heavy atom. The van der Waals surface area contributed by atoms with Gasteiger partial charge in [-0.3, -0.25) is 4.79 Å². The summed E-state index contributed by atoms with van der Waals surface area (Å²) in [6.45, 7) is 2.92. The summed E-state index contributed by atoms with van der Waals surface area (Å²) >= 11 is 0. The van der Waals surface area contributed by atoms with Crippen LogP contribution in [0.3, 0.4) is 0 Å². The van der Waals surface area contributed by atoms with Crippen molar-refractivity contribution in [2.24, 2.45) is 11.7 Å². The van der Waals surface area contributed by atoms with Gasteiger partial charge >= 0.3 is 0 Å². The van der Waals surface area contributed by atoms with Crippen LogP contribution in [-0.4, -0.2) is 18.5 Å². The zero-order valence-corrected chi connectivity index (χ0v) is 11.2. The smallest absolute Gasteiger partial charge is 0.236 e. The van der Waals surface area contributed by atoms with Crippen LogP contribution in [0.4, 0.5) is 0 Å². The Bertz CT molecular complexity index is 212. The number of hydrogen-bond acceptors (Lipinski definition) is 2. The van der Waals surface area contributed by atoms with E-state index in [1.165, 1.54) is 32.1 Å². The third-order valence-corrected chi connectivity index (χ3v) is 3.77. The molecule has 3 nitrogen and oxygen atoms in total. The minimum atomic E-state index is -0.304. The molecule has 0 radical (unpaired) electrons. The molecule has 100 valence electrons. The highest BCUT2D eigenvalue weighted by atomic mass is 16.2. The van der Waals surface area contributed by atoms with Crippen LogP contribution in [0, 0.1) is 5.92 Å². The van der Waals surface area contributed by atoms with Gasteiger partial charge in [-0.1, -0.05) is 45.4 Å². The molecule has 0 aromatic rings. The third-order valence-electron chi connectivity index (χ3n) is 3.77. The highest BCUT2D eigenvalue weighted by Crippen LogP contribution is 2.28. The summed E-state index contributed by atoms with van der Waals surface area (Å²) in [7, 11) is 0. The summed E-state index contributed by atoms with van der Waals surface area (Å²) in [4.78, 5) is 11.6. The summed E-state index contributed by atoms with van der Waals surface area (Å²) in [6, 6.07) is -0.304. The van der Waals surface area contributed by atoms with Crippen LogP contribution in [0.5, 0.6) is 0 Å². The Morgan fingerprint density at radius 2 is 2.06 bits per heavy atom. The van der Waals surface area contributed by atoms with Crippen LogP contribution in [0.25, 0.3) is 0 Å². The van der Waals surface area contributed by atoms with Gasteiger partial charge in [0.1, 0.15) is 0 Å². The van der Waals surface area contributed by atoms with Gasteiger partial charge in [0.15, 0.2) is 0 Å². The van der Waals surface area contributed by atoms with Crippen LogP contribution in [0.15, 0.2) is 0 Å². The van der Waals surface area contributed by atoms with E-state index in [1.807, 2.05) is 0 Å². The number of amides is 1. The second kappa shape index (κ2) is 8.51. The maximum atomic E-state index is 11.6. The predicted octanol–water partition coefficient (Wildman–Crippen LogP) is 2.59. The van der Waals surface area contributed by atoms with Gasteiger partial charge in [0, 0.05) is 6.54 Å². The predicted molar refractivity (Wildman–Crippen MR) is 71.7 cm³/mol. The van der Waals surface area contributed by atoms with E-state index in [2.05, 4.69) is 12.2 Å². The third kappa shape index (κ3) is 6.06. The maximum Gasteiger partial charge on any atom is 0.236 e. The van der Waals surface area contributed by atoms with Gasteiger partial charge < -0.3 is 11.1 Å². The van der Waals surface area contributed by atoms with Gasteiger partial charge in [-0.15, -0.1) is 0 Å². The Balaban J connectivity index is 1.98. The van der Waals surface area contributed by atoms with E-state index in [0.29, 0.717) is 0 Å².